The molecule has 0 aliphatic carbocycles. The molecule has 0 radical (unpaired) electrons. The van der Waals surface area contributed by atoms with Crippen LogP contribution in [0.3, 0.4) is 0 Å². The molecular formula is C17H26N2O. The maximum atomic E-state index is 12.2. The fourth-order valence-corrected chi connectivity index (χ4v) is 2.85. The van der Waals surface area contributed by atoms with Crippen molar-refractivity contribution in [1.82, 2.24) is 10.2 Å². The molecule has 1 N–H and O–H groups in total. The number of hydrogen-bond acceptors (Lipinski definition) is 2. The minimum atomic E-state index is 0.215. The van der Waals surface area contributed by atoms with E-state index in [0.29, 0.717) is 6.54 Å². The van der Waals surface area contributed by atoms with Crippen molar-refractivity contribution < 1.29 is 4.79 Å². The minimum absolute atomic E-state index is 0.215. The Hall–Kier alpha value is -1.35. The Kier molecular flexibility index (Phi) is 5.60. The van der Waals surface area contributed by atoms with Crippen LogP contribution in [0.15, 0.2) is 24.3 Å². The summed E-state index contributed by atoms with van der Waals surface area (Å²) in [5.41, 5.74) is 2.55. The number of hydrogen-bond donors (Lipinski definition) is 1. The maximum Gasteiger partial charge on any atom is 0.236 e. The Morgan fingerprint density at radius 1 is 1.20 bits per heavy atom. The number of likely N-dealkylation sites (tertiary alicyclic amines) is 1. The molecule has 1 aliphatic heterocycles. The molecule has 1 amide bonds. The summed E-state index contributed by atoms with van der Waals surface area (Å²) in [6, 6.07) is 8.56. The van der Waals surface area contributed by atoms with Gasteiger partial charge < -0.3 is 10.2 Å². The highest BCUT2D eigenvalue weighted by molar-refractivity contribution is 5.78. The summed E-state index contributed by atoms with van der Waals surface area (Å²) in [4.78, 5) is 14.3. The average Bonchev–Trinajstić information content (AvgIpc) is 2.74. The van der Waals surface area contributed by atoms with E-state index in [1.165, 1.54) is 24.0 Å². The Labute approximate surface area is 122 Å². The van der Waals surface area contributed by atoms with E-state index in [2.05, 4.69) is 37.4 Å². The minimum Gasteiger partial charge on any atom is -0.342 e. The fourth-order valence-electron chi connectivity index (χ4n) is 2.85. The second-order valence-corrected chi connectivity index (χ2v) is 5.75. The van der Waals surface area contributed by atoms with Gasteiger partial charge in [-0.2, -0.15) is 0 Å². The largest absolute Gasteiger partial charge is 0.342 e. The Balaban J connectivity index is 1.85. The highest BCUT2D eigenvalue weighted by atomic mass is 16.2. The highest BCUT2D eigenvalue weighted by Gasteiger charge is 2.16. The zero-order valence-corrected chi connectivity index (χ0v) is 12.7. The lowest BCUT2D eigenvalue weighted by atomic mass is 10.0. The van der Waals surface area contributed by atoms with Gasteiger partial charge in [-0.15, -0.1) is 0 Å². The molecule has 0 saturated carbocycles. The number of rotatable bonds is 4. The molecule has 1 aromatic rings. The van der Waals surface area contributed by atoms with Crippen LogP contribution >= 0.6 is 0 Å². The van der Waals surface area contributed by atoms with Crippen molar-refractivity contribution >= 4 is 5.91 Å². The van der Waals surface area contributed by atoms with Gasteiger partial charge in [0.1, 0.15) is 0 Å². The molecule has 0 bridgehead atoms. The van der Waals surface area contributed by atoms with Crippen molar-refractivity contribution in [3.05, 3.63) is 35.4 Å². The van der Waals surface area contributed by atoms with E-state index in [4.69, 9.17) is 0 Å². The number of carbonyl (C=O) groups is 1. The SMILES string of the molecule is Cc1ccccc1[C@@H](C)NCC(=O)N1CCCCCC1. The molecule has 1 heterocycles. The highest BCUT2D eigenvalue weighted by Crippen LogP contribution is 2.16. The molecule has 0 spiro atoms. The predicted octanol–water partition coefficient (Wildman–Crippen LogP) is 3.05. The summed E-state index contributed by atoms with van der Waals surface area (Å²) in [7, 11) is 0. The Morgan fingerprint density at radius 3 is 2.50 bits per heavy atom. The van der Waals surface area contributed by atoms with Crippen LogP contribution in [0, 0.1) is 6.92 Å². The third-order valence-electron chi connectivity index (χ3n) is 4.17. The summed E-state index contributed by atoms with van der Waals surface area (Å²) in [6.07, 6.45) is 4.83. The molecule has 0 unspecified atom stereocenters. The van der Waals surface area contributed by atoms with E-state index in [1.54, 1.807) is 0 Å². The monoisotopic (exact) mass is 274 g/mol. The van der Waals surface area contributed by atoms with Crippen LogP contribution in [-0.2, 0) is 4.79 Å². The molecule has 1 aromatic carbocycles. The summed E-state index contributed by atoms with van der Waals surface area (Å²) < 4.78 is 0. The molecule has 3 nitrogen and oxygen atoms in total. The van der Waals surface area contributed by atoms with Crippen LogP contribution in [0.2, 0.25) is 0 Å². The molecule has 1 fully saturated rings. The van der Waals surface area contributed by atoms with Gasteiger partial charge in [0.2, 0.25) is 5.91 Å². The van der Waals surface area contributed by atoms with Crippen molar-refractivity contribution in [2.75, 3.05) is 19.6 Å². The van der Waals surface area contributed by atoms with Gasteiger partial charge in [-0.1, -0.05) is 37.1 Å². The van der Waals surface area contributed by atoms with Crippen molar-refractivity contribution in [2.24, 2.45) is 0 Å². The molecule has 1 atom stereocenters. The van der Waals surface area contributed by atoms with Gasteiger partial charge in [-0.25, -0.2) is 0 Å². The number of benzene rings is 1. The van der Waals surface area contributed by atoms with Crippen molar-refractivity contribution in [2.45, 2.75) is 45.6 Å². The molecular weight excluding hydrogens is 248 g/mol. The smallest absolute Gasteiger partial charge is 0.236 e. The van der Waals surface area contributed by atoms with Crippen molar-refractivity contribution in [3.8, 4) is 0 Å². The van der Waals surface area contributed by atoms with Gasteiger partial charge in [0.05, 0.1) is 6.54 Å². The molecule has 2 rings (SSSR count). The molecule has 0 aromatic heterocycles. The van der Waals surface area contributed by atoms with E-state index in [9.17, 15) is 4.79 Å². The van der Waals surface area contributed by atoms with Gasteiger partial charge in [0, 0.05) is 19.1 Å². The van der Waals surface area contributed by atoms with Gasteiger partial charge in [0.25, 0.3) is 0 Å². The first kappa shape index (κ1) is 15.0. The Morgan fingerprint density at radius 2 is 1.85 bits per heavy atom. The van der Waals surface area contributed by atoms with Gasteiger partial charge >= 0.3 is 0 Å². The molecule has 3 heteroatoms. The summed E-state index contributed by atoms with van der Waals surface area (Å²) >= 11 is 0. The lowest BCUT2D eigenvalue weighted by Crippen LogP contribution is -2.39. The summed E-state index contributed by atoms with van der Waals surface area (Å²) in [5, 5.41) is 3.37. The fraction of sp³-hybridized carbons (Fsp3) is 0.588. The van der Waals surface area contributed by atoms with Crippen LogP contribution in [0.5, 0.6) is 0 Å². The van der Waals surface area contributed by atoms with Gasteiger partial charge in [-0.05, 0) is 37.8 Å². The van der Waals surface area contributed by atoms with Crippen molar-refractivity contribution in [3.63, 3.8) is 0 Å². The van der Waals surface area contributed by atoms with Crippen LogP contribution in [0.25, 0.3) is 0 Å². The third-order valence-corrected chi connectivity index (χ3v) is 4.17. The molecule has 1 aliphatic rings. The third kappa shape index (κ3) is 4.07. The number of aryl methyl sites for hydroxylation is 1. The summed E-state index contributed by atoms with van der Waals surface area (Å²) in [6.45, 7) is 6.54. The second kappa shape index (κ2) is 7.44. The standard InChI is InChI=1S/C17H26N2O/c1-14-9-5-6-10-16(14)15(2)18-13-17(20)19-11-7-3-4-8-12-19/h5-6,9-10,15,18H,3-4,7-8,11-13H2,1-2H3/t15-/m1/s1. The number of amides is 1. The van der Waals surface area contributed by atoms with E-state index in [1.807, 2.05) is 11.0 Å². The summed E-state index contributed by atoms with van der Waals surface area (Å²) in [5.74, 6) is 0.243. The first-order valence-electron chi connectivity index (χ1n) is 7.75. The lowest BCUT2D eigenvalue weighted by molar-refractivity contribution is -0.130. The first-order valence-corrected chi connectivity index (χ1v) is 7.75. The first-order chi connectivity index (χ1) is 9.68. The number of nitrogens with zero attached hydrogens (tertiary/aromatic N) is 1. The zero-order chi connectivity index (χ0) is 14.4. The van der Waals surface area contributed by atoms with E-state index in [0.717, 1.165) is 25.9 Å². The number of carbonyl (C=O) groups excluding carboxylic acids is 1. The molecule has 110 valence electrons. The Bertz CT molecular complexity index is 436. The van der Waals surface area contributed by atoms with E-state index >= 15 is 0 Å². The number of nitrogens with one attached hydrogen (secondary N) is 1. The second-order valence-electron chi connectivity index (χ2n) is 5.75. The van der Waals surface area contributed by atoms with Crippen LogP contribution in [-0.4, -0.2) is 30.4 Å². The zero-order valence-electron chi connectivity index (χ0n) is 12.7. The van der Waals surface area contributed by atoms with Gasteiger partial charge in [-0.3, -0.25) is 4.79 Å². The van der Waals surface area contributed by atoms with Crippen LogP contribution in [0.4, 0.5) is 0 Å². The molecule has 1 saturated heterocycles. The predicted molar refractivity (Wildman–Crippen MR) is 82.6 cm³/mol. The van der Waals surface area contributed by atoms with E-state index < -0.39 is 0 Å². The topological polar surface area (TPSA) is 32.3 Å². The van der Waals surface area contributed by atoms with E-state index in [-0.39, 0.29) is 11.9 Å². The van der Waals surface area contributed by atoms with Gasteiger partial charge in [0.15, 0.2) is 0 Å². The van der Waals surface area contributed by atoms with Crippen molar-refractivity contribution in [1.29, 1.82) is 0 Å². The lowest BCUT2D eigenvalue weighted by Gasteiger charge is -2.22. The average molecular weight is 274 g/mol. The van der Waals surface area contributed by atoms with Crippen LogP contribution < -0.4 is 5.32 Å². The van der Waals surface area contributed by atoms with Crippen LogP contribution in [0.1, 0.15) is 49.8 Å². The normalized spacial score (nSPS) is 17.6. The maximum absolute atomic E-state index is 12.2. The quantitative estimate of drug-likeness (QED) is 0.915. The molecule has 20 heavy (non-hydrogen) atoms.